The summed E-state index contributed by atoms with van der Waals surface area (Å²) in [6.45, 7) is 5.54. The lowest BCUT2D eigenvalue weighted by molar-refractivity contribution is -0.116. The molecule has 2 N–H and O–H groups in total. The van der Waals surface area contributed by atoms with E-state index in [-0.39, 0.29) is 25.0 Å². The van der Waals surface area contributed by atoms with E-state index >= 15 is 0 Å². The number of anilines is 1. The molecular formula is C22H29N3O4S. The van der Waals surface area contributed by atoms with Crippen molar-refractivity contribution in [1.82, 2.24) is 9.62 Å². The van der Waals surface area contributed by atoms with Crippen molar-refractivity contribution in [2.45, 2.75) is 39.8 Å². The molecule has 0 aromatic heterocycles. The Morgan fingerprint density at radius 2 is 1.70 bits per heavy atom. The van der Waals surface area contributed by atoms with E-state index in [9.17, 15) is 18.0 Å². The van der Waals surface area contributed by atoms with Gasteiger partial charge in [-0.3, -0.25) is 9.59 Å². The first-order valence-electron chi connectivity index (χ1n) is 9.80. The molecule has 0 heterocycles. The molecule has 0 aliphatic rings. The van der Waals surface area contributed by atoms with E-state index < -0.39 is 15.9 Å². The Morgan fingerprint density at radius 3 is 2.30 bits per heavy atom. The van der Waals surface area contributed by atoms with Crippen molar-refractivity contribution in [2.75, 3.05) is 18.1 Å². The number of para-hydroxylation sites is 1. The topological polar surface area (TPSA) is 95.6 Å². The predicted molar refractivity (Wildman–Crippen MR) is 119 cm³/mol. The van der Waals surface area contributed by atoms with Crippen LogP contribution in [0.4, 0.5) is 5.69 Å². The van der Waals surface area contributed by atoms with Crippen LogP contribution in [0.25, 0.3) is 0 Å². The van der Waals surface area contributed by atoms with Crippen molar-refractivity contribution in [3.63, 3.8) is 0 Å². The number of aryl methyl sites for hydroxylation is 1. The molecule has 0 bridgehead atoms. The fraction of sp³-hybridized carbons (Fsp3) is 0.364. The summed E-state index contributed by atoms with van der Waals surface area (Å²) in [7, 11) is -3.61. The third kappa shape index (κ3) is 6.96. The Kier molecular flexibility index (Phi) is 8.14. The smallest absolute Gasteiger partial charge is 0.253 e. The van der Waals surface area contributed by atoms with Gasteiger partial charge in [-0.1, -0.05) is 48.9 Å². The van der Waals surface area contributed by atoms with Crippen molar-refractivity contribution in [2.24, 2.45) is 0 Å². The van der Waals surface area contributed by atoms with Crippen LogP contribution < -0.4 is 10.6 Å². The van der Waals surface area contributed by atoms with Gasteiger partial charge in [-0.05, 0) is 38.0 Å². The zero-order valence-corrected chi connectivity index (χ0v) is 18.6. The number of rotatable bonds is 9. The maximum atomic E-state index is 12.6. The molecule has 0 unspecified atom stereocenters. The van der Waals surface area contributed by atoms with Gasteiger partial charge < -0.3 is 10.6 Å². The molecule has 0 aliphatic carbocycles. The van der Waals surface area contributed by atoms with E-state index in [1.165, 1.54) is 0 Å². The normalized spacial score (nSPS) is 12.4. The van der Waals surface area contributed by atoms with Gasteiger partial charge in [-0.2, -0.15) is 4.31 Å². The zero-order valence-electron chi connectivity index (χ0n) is 17.8. The Labute approximate surface area is 178 Å². The van der Waals surface area contributed by atoms with E-state index in [1.807, 2.05) is 45.0 Å². The van der Waals surface area contributed by atoms with Crippen molar-refractivity contribution in [1.29, 1.82) is 0 Å². The molecule has 2 amide bonds. The molecule has 162 valence electrons. The highest BCUT2D eigenvalue weighted by molar-refractivity contribution is 7.88. The quantitative estimate of drug-likeness (QED) is 0.638. The molecule has 0 radical (unpaired) electrons. The summed E-state index contributed by atoms with van der Waals surface area (Å²) in [5.41, 5.74) is 2.52. The average Bonchev–Trinajstić information content (AvgIpc) is 2.68. The largest absolute Gasteiger partial charge is 0.350 e. The molecule has 2 aromatic carbocycles. The van der Waals surface area contributed by atoms with Crippen LogP contribution in [0.3, 0.4) is 0 Å². The lowest BCUT2D eigenvalue weighted by Gasteiger charge is -2.20. The van der Waals surface area contributed by atoms with Gasteiger partial charge in [-0.25, -0.2) is 8.42 Å². The van der Waals surface area contributed by atoms with Gasteiger partial charge in [0.1, 0.15) is 0 Å². The van der Waals surface area contributed by atoms with Crippen LogP contribution in [0, 0.1) is 6.92 Å². The van der Waals surface area contributed by atoms with Gasteiger partial charge in [0.15, 0.2) is 0 Å². The van der Waals surface area contributed by atoms with Crippen LogP contribution >= 0.6 is 0 Å². The predicted octanol–water partition coefficient (Wildman–Crippen LogP) is 2.92. The lowest BCUT2D eigenvalue weighted by Crippen LogP contribution is -2.37. The fourth-order valence-electron chi connectivity index (χ4n) is 2.73. The Balaban J connectivity index is 2.14. The number of hydrogen-bond acceptors (Lipinski definition) is 4. The molecule has 2 aromatic rings. The van der Waals surface area contributed by atoms with Crippen LogP contribution in [0.2, 0.25) is 0 Å². The second-order valence-electron chi connectivity index (χ2n) is 7.39. The minimum atomic E-state index is -3.61. The highest BCUT2D eigenvalue weighted by Crippen LogP contribution is 2.16. The molecule has 0 saturated carbocycles. The summed E-state index contributed by atoms with van der Waals surface area (Å²) in [6, 6.07) is 14.1. The number of amides is 2. The molecule has 30 heavy (non-hydrogen) atoms. The summed E-state index contributed by atoms with van der Waals surface area (Å²) in [5.74, 6) is -0.809. The molecule has 8 heteroatoms. The van der Waals surface area contributed by atoms with Gasteiger partial charge >= 0.3 is 0 Å². The molecule has 2 rings (SSSR count). The number of carbonyl (C=O) groups excluding carboxylic acids is 2. The molecular weight excluding hydrogens is 402 g/mol. The van der Waals surface area contributed by atoms with Crippen LogP contribution in [0.5, 0.6) is 0 Å². The van der Waals surface area contributed by atoms with Crippen molar-refractivity contribution in [3.05, 3.63) is 65.2 Å². The summed E-state index contributed by atoms with van der Waals surface area (Å²) in [6.07, 6.45) is 1.85. The molecule has 0 saturated heterocycles. The van der Waals surface area contributed by atoms with Gasteiger partial charge in [0.05, 0.1) is 24.1 Å². The van der Waals surface area contributed by atoms with E-state index in [0.717, 1.165) is 28.1 Å². The second kappa shape index (κ2) is 10.4. The summed E-state index contributed by atoms with van der Waals surface area (Å²) >= 11 is 0. The Morgan fingerprint density at radius 1 is 1.07 bits per heavy atom. The number of sulfonamides is 1. The van der Waals surface area contributed by atoms with Crippen molar-refractivity contribution >= 4 is 27.5 Å². The average molecular weight is 432 g/mol. The first-order valence-corrected chi connectivity index (χ1v) is 11.7. The zero-order chi connectivity index (χ0) is 22.3. The Hall–Kier alpha value is -2.71. The first kappa shape index (κ1) is 23.6. The van der Waals surface area contributed by atoms with Crippen LogP contribution in [-0.4, -0.2) is 43.4 Å². The first-order chi connectivity index (χ1) is 14.1. The van der Waals surface area contributed by atoms with Crippen LogP contribution in [-0.2, 0) is 21.4 Å². The monoisotopic (exact) mass is 431 g/mol. The van der Waals surface area contributed by atoms with Gasteiger partial charge in [-0.15, -0.1) is 0 Å². The minimum Gasteiger partial charge on any atom is -0.350 e. The van der Waals surface area contributed by atoms with Crippen molar-refractivity contribution in [3.8, 4) is 0 Å². The highest BCUT2D eigenvalue weighted by atomic mass is 32.2. The number of nitrogens with zero attached hydrogens (tertiary/aromatic N) is 1. The van der Waals surface area contributed by atoms with Gasteiger partial charge in [0.25, 0.3) is 5.91 Å². The maximum Gasteiger partial charge on any atom is 0.253 e. The van der Waals surface area contributed by atoms with Crippen LogP contribution in [0.15, 0.2) is 48.5 Å². The number of carbonyl (C=O) groups is 2. The highest BCUT2D eigenvalue weighted by Gasteiger charge is 2.22. The summed E-state index contributed by atoms with van der Waals surface area (Å²) < 4.78 is 25.5. The number of nitrogens with one attached hydrogen (secondary N) is 2. The molecule has 7 nitrogen and oxygen atoms in total. The van der Waals surface area contributed by atoms with E-state index in [1.54, 1.807) is 24.3 Å². The lowest BCUT2D eigenvalue weighted by atomic mass is 10.1. The third-order valence-corrected chi connectivity index (χ3v) is 5.90. The maximum absolute atomic E-state index is 12.6. The van der Waals surface area contributed by atoms with Gasteiger partial charge in [0.2, 0.25) is 15.9 Å². The number of benzene rings is 2. The summed E-state index contributed by atoms with van der Waals surface area (Å²) in [4.78, 5) is 25.1. The molecule has 0 spiro atoms. The molecule has 0 fully saturated rings. The van der Waals surface area contributed by atoms with Crippen molar-refractivity contribution < 1.29 is 18.0 Å². The Bertz CT molecular complexity index is 988. The van der Waals surface area contributed by atoms with Gasteiger partial charge in [0, 0.05) is 12.6 Å². The minimum absolute atomic E-state index is 0.00325. The third-order valence-electron chi connectivity index (χ3n) is 4.70. The standard InChI is InChI=1S/C22H29N3O4S/c1-5-17(3)23-22(27)19-8-6-7-9-20(19)24-21(26)15-25(30(4,28)29)14-18-12-10-16(2)11-13-18/h6-13,17H,5,14-15H2,1-4H3,(H,23,27)(H,24,26)/t17-/m0/s1. The van der Waals surface area contributed by atoms with Crippen LogP contribution in [0.1, 0.15) is 41.8 Å². The number of hydrogen-bond donors (Lipinski definition) is 2. The molecule has 0 aliphatic heterocycles. The van der Waals surface area contributed by atoms with E-state index in [0.29, 0.717) is 11.3 Å². The second-order valence-corrected chi connectivity index (χ2v) is 9.38. The van der Waals surface area contributed by atoms with E-state index in [4.69, 9.17) is 0 Å². The SMILES string of the molecule is CC[C@H](C)NC(=O)c1ccccc1NC(=O)CN(Cc1ccc(C)cc1)S(C)(=O)=O. The fourth-order valence-corrected chi connectivity index (χ4v) is 3.47. The summed E-state index contributed by atoms with van der Waals surface area (Å²) in [5, 5.41) is 5.54. The molecule has 1 atom stereocenters. The van der Waals surface area contributed by atoms with E-state index in [2.05, 4.69) is 10.6 Å².